The Morgan fingerprint density at radius 1 is 1.33 bits per heavy atom. The molecule has 116 valence electrons. The van der Waals surface area contributed by atoms with E-state index in [1.165, 1.54) is 9.87 Å². The van der Waals surface area contributed by atoms with Gasteiger partial charge in [-0.25, -0.2) is 8.42 Å². The van der Waals surface area contributed by atoms with Crippen molar-refractivity contribution in [2.75, 3.05) is 19.7 Å². The van der Waals surface area contributed by atoms with Gasteiger partial charge in [0.1, 0.15) is 0 Å². The number of rotatable bonds is 5. The fourth-order valence-corrected chi connectivity index (χ4v) is 4.53. The fraction of sp³-hybridized carbons (Fsp3) is 0.600. The SMILES string of the molecule is CCN(CC1CCCO1)S(=O)(=O)c1ccc2c(c1)CNC2. The Morgan fingerprint density at radius 2 is 2.14 bits per heavy atom. The number of likely N-dealkylation sites (N-methyl/N-ethyl adjacent to an activating group) is 1. The van der Waals surface area contributed by atoms with Gasteiger partial charge in [-0.15, -0.1) is 0 Å². The minimum atomic E-state index is -3.43. The molecule has 2 aliphatic rings. The number of nitrogens with zero attached hydrogens (tertiary/aromatic N) is 1. The van der Waals surface area contributed by atoms with Crippen molar-refractivity contribution in [3.05, 3.63) is 29.3 Å². The first-order chi connectivity index (χ1) is 10.1. The van der Waals surface area contributed by atoms with Gasteiger partial charge in [-0.05, 0) is 36.1 Å². The molecule has 1 saturated heterocycles. The van der Waals surface area contributed by atoms with E-state index in [0.717, 1.165) is 38.1 Å². The number of sulfonamides is 1. The molecule has 5 nitrogen and oxygen atoms in total. The van der Waals surface area contributed by atoms with Gasteiger partial charge in [-0.3, -0.25) is 0 Å². The first kappa shape index (κ1) is 15.0. The van der Waals surface area contributed by atoms with E-state index in [-0.39, 0.29) is 6.10 Å². The highest BCUT2D eigenvalue weighted by atomic mass is 32.2. The molecule has 3 rings (SSSR count). The lowest BCUT2D eigenvalue weighted by Crippen LogP contribution is -2.37. The molecule has 1 atom stereocenters. The number of nitrogens with one attached hydrogen (secondary N) is 1. The highest BCUT2D eigenvalue weighted by molar-refractivity contribution is 7.89. The molecule has 0 saturated carbocycles. The quantitative estimate of drug-likeness (QED) is 0.895. The van der Waals surface area contributed by atoms with Crippen LogP contribution in [0.15, 0.2) is 23.1 Å². The molecule has 6 heteroatoms. The zero-order valence-electron chi connectivity index (χ0n) is 12.3. The van der Waals surface area contributed by atoms with Crippen LogP contribution < -0.4 is 5.32 Å². The lowest BCUT2D eigenvalue weighted by atomic mass is 10.1. The van der Waals surface area contributed by atoms with Gasteiger partial charge in [0.15, 0.2) is 0 Å². The fourth-order valence-electron chi connectivity index (χ4n) is 2.99. The van der Waals surface area contributed by atoms with Gasteiger partial charge in [0.25, 0.3) is 0 Å². The van der Waals surface area contributed by atoms with Crippen LogP contribution in [0.3, 0.4) is 0 Å². The lowest BCUT2D eigenvalue weighted by Gasteiger charge is -2.23. The van der Waals surface area contributed by atoms with E-state index in [0.29, 0.717) is 18.0 Å². The Bertz CT molecular complexity index is 609. The van der Waals surface area contributed by atoms with Gasteiger partial charge in [0.2, 0.25) is 10.0 Å². The molecule has 0 amide bonds. The lowest BCUT2D eigenvalue weighted by molar-refractivity contribution is 0.0947. The third kappa shape index (κ3) is 2.99. The van der Waals surface area contributed by atoms with Crippen LogP contribution in [0.5, 0.6) is 0 Å². The van der Waals surface area contributed by atoms with E-state index in [1.807, 2.05) is 19.1 Å². The standard InChI is InChI=1S/C15H22N2O3S/c1-2-17(11-14-4-3-7-20-14)21(18,19)15-6-5-12-9-16-10-13(12)8-15/h5-6,8,14,16H,2-4,7,9-11H2,1H3. The average molecular weight is 310 g/mol. The minimum Gasteiger partial charge on any atom is -0.377 e. The van der Waals surface area contributed by atoms with Crippen molar-refractivity contribution < 1.29 is 13.2 Å². The number of ether oxygens (including phenoxy) is 1. The molecule has 0 bridgehead atoms. The number of hydrogen-bond acceptors (Lipinski definition) is 4. The first-order valence-corrected chi connectivity index (χ1v) is 8.99. The van der Waals surface area contributed by atoms with Crippen molar-refractivity contribution in [1.29, 1.82) is 0 Å². The summed E-state index contributed by atoms with van der Waals surface area (Å²) in [6, 6.07) is 5.45. The normalized spacial score (nSPS) is 21.9. The highest BCUT2D eigenvalue weighted by Gasteiger charge is 2.28. The summed E-state index contributed by atoms with van der Waals surface area (Å²) in [5.74, 6) is 0. The van der Waals surface area contributed by atoms with Crippen molar-refractivity contribution in [3.63, 3.8) is 0 Å². The Labute approximate surface area is 126 Å². The summed E-state index contributed by atoms with van der Waals surface area (Å²) >= 11 is 0. The van der Waals surface area contributed by atoms with Gasteiger partial charge in [-0.2, -0.15) is 4.31 Å². The average Bonchev–Trinajstić information content (AvgIpc) is 3.14. The monoisotopic (exact) mass is 310 g/mol. The maximum absolute atomic E-state index is 12.8. The summed E-state index contributed by atoms with van der Waals surface area (Å²) in [4.78, 5) is 0.393. The van der Waals surface area contributed by atoms with Crippen LogP contribution in [0, 0.1) is 0 Å². The summed E-state index contributed by atoms with van der Waals surface area (Å²) in [7, 11) is -3.43. The van der Waals surface area contributed by atoms with Crippen LogP contribution >= 0.6 is 0 Å². The van der Waals surface area contributed by atoms with Crippen molar-refractivity contribution in [3.8, 4) is 0 Å². The molecule has 1 fully saturated rings. The third-order valence-corrected chi connectivity index (χ3v) is 6.17. The summed E-state index contributed by atoms with van der Waals surface area (Å²) in [5.41, 5.74) is 2.28. The smallest absolute Gasteiger partial charge is 0.243 e. The van der Waals surface area contributed by atoms with Gasteiger partial charge in [0, 0.05) is 32.8 Å². The van der Waals surface area contributed by atoms with Gasteiger partial charge in [-0.1, -0.05) is 13.0 Å². The number of hydrogen-bond donors (Lipinski definition) is 1. The maximum atomic E-state index is 12.8. The predicted molar refractivity (Wildman–Crippen MR) is 80.4 cm³/mol. The Hall–Kier alpha value is -0.950. The molecule has 2 heterocycles. The van der Waals surface area contributed by atoms with Crippen LogP contribution in [0.2, 0.25) is 0 Å². The van der Waals surface area contributed by atoms with Gasteiger partial charge < -0.3 is 10.1 Å². The molecule has 0 spiro atoms. The Kier molecular flexibility index (Phi) is 4.31. The third-order valence-electron chi connectivity index (χ3n) is 4.23. The van der Waals surface area contributed by atoms with E-state index < -0.39 is 10.0 Å². The largest absolute Gasteiger partial charge is 0.377 e. The highest BCUT2D eigenvalue weighted by Crippen LogP contribution is 2.24. The van der Waals surface area contributed by atoms with Crippen LogP contribution in [0.4, 0.5) is 0 Å². The van der Waals surface area contributed by atoms with Crippen LogP contribution in [-0.2, 0) is 27.8 Å². The van der Waals surface area contributed by atoms with Gasteiger partial charge in [0.05, 0.1) is 11.0 Å². The van der Waals surface area contributed by atoms with Crippen LogP contribution in [0.25, 0.3) is 0 Å². The second kappa shape index (κ2) is 6.04. The summed E-state index contributed by atoms with van der Waals surface area (Å²) in [5, 5.41) is 3.24. The minimum absolute atomic E-state index is 0.0378. The van der Waals surface area contributed by atoms with Crippen molar-refractivity contribution >= 4 is 10.0 Å². The molecular formula is C15H22N2O3S. The molecule has 2 aliphatic heterocycles. The van der Waals surface area contributed by atoms with E-state index >= 15 is 0 Å². The Balaban J connectivity index is 1.83. The zero-order chi connectivity index (χ0) is 14.9. The maximum Gasteiger partial charge on any atom is 0.243 e. The molecule has 1 aromatic rings. The van der Waals surface area contributed by atoms with E-state index in [4.69, 9.17) is 4.74 Å². The second-order valence-electron chi connectivity index (χ2n) is 5.62. The number of fused-ring (bicyclic) bond motifs is 1. The second-order valence-corrected chi connectivity index (χ2v) is 7.56. The number of benzene rings is 1. The first-order valence-electron chi connectivity index (χ1n) is 7.55. The molecule has 0 radical (unpaired) electrons. The predicted octanol–water partition coefficient (Wildman–Crippen LogP) is 1.48. The van der Waals surface area contributed by atoms with Crippen molar-refractivity contribution in [1.82, 2.24) is 9.62 Å². The van der Waals surface area contributed by atoms with E-state index in [1.54, 1.807) is 6.07 Å². The molecule has 1 unspecified atom stereocenters. The molecule has 0 aliphatic carbocycles. The van der Waals surface area contributed by atoms with Crippen LogP contribution in [0.1, 0.15) is 30.9 Å². The Morgan fingerprint density at radius 3 is 2.86 bits per heavy atom. The summed E-state index contributed by atoms with van der Waals surface area (Å²) < 4.78 is 32.7. The molecule has 21 heavy (non-hydrogen) atoms. The van der Waals surface area contributed by atoms with E-state index in [9.17, 15) is 8.42 Å². The molecule has 1 aromatic carbocycles. The van der Waals surface area contributed by atoms with Crippen LogP contribution in [-0.4, -0.2) is 38.5 Å². The summed E-state index contributed by atoms with van der Waals surface area (Å²) in [6.45, 7) is 5.11. The molecular weight excluding hydrogens is 288 g/mol. The molecule has 1 N–H and O–H groups in total. The topological polar surface area (TPSA) is 58.6 Å². The summed E-state index contributed by atoms with van der Waals surface area (Å²) in [6.07, 6.45) is 2.00. The van der Waals surface area contributed by atoms with Gasteiger partial charge >= 0.3 is 0 Å². The molecule has 0 aromatic heterocycles. The van der Waals surface area contributed by atoms with E-state index in [2.05, 4.69) is 5.32 Å². The van der Waals surface area contributed by atoms with Crippen molar-refractivity contribution in [2.45, 2.75) is 43.9 Å². The van der Waals surface area contributed by atoms with Crippen molar-refractivity contribution in [2.24, 2.45) is 0 Å². The zero-order valence-corrected chi connectivity index (χ0v) is 13.2.